The summed E-state index contributed by atoms with van der Waals surface area (Å²) in [6.45, 7) is 2.13. The number of benzene rings is 1. The van der Waals surface area contributed by atoms with Gasteiger partial charge in [0.15, 0.2) is 0 Å². The van der Waals surface area contributed by atoms with Crippen LogP contribution in [0.1, 0.15) is 31.2 Å². The molecule has 0 N–H and O–H groups in total. The third kappa shape index (κ3) is 1.51. The van der Waals surface area contributed by atoms with E-state index in [4.69, 9.17) is 0 Å². The van der Waals surface area contributed by atoms with Gasteiger partial charge in [0.2, 0.25) is 0 Å². The van der Waals surface area contributed by atoms with Gasteiger partial charge in [-0.2, -0.15) is 0 Å². The van der Waals surface area contributed by atoms with E-state index >= 15 is 0 Å². The van der Waals surface area contributed by atoms with Crippen LogP contribution in [0.5, 0.6) is 0 Å². The highest BCUT2D eigenvalue weighted by atomic mass is 16.1. The number of rotatable bonds is 3. The molecule has 2 rings (SSSR count). The standard InChI is InChI=1S/C12H14O/c1-2-6-10-11(12(10)13)9-7-4-3-5-8-9/h3-5,7-8,10-11H,2,6H2,1H3. The maximum Gasteiger partial charge on any atom is 0.145 e. The lowest BCUT2D eigenvalue weighted by Crippen LogP contribution is -1.82. The van der Waals surface area contributed by atoms with E-state index in [2.05, 4.69) is 19.1 Å². The third-order valence-electron chi connectivity index (χ3n) is 2.72. The van der Waals surface area contributed by atoms with Gasteiger partial charge in [-0.05, 0) is 12.0 Å². The lowest BCUT2D eigenvalue weighted by molar-refractivity contribution is -0.111. The summed E-state index contributed by atoms with van der Waals surface area (Å²) in [7, 11) is 0. The van der Waals surface area contributed by atoms with Crippen LogP contribution in [0.2, 0.25) is 0 Å². The van der Waals surface area contributed by atoms with Crippen LogP contribution in [0.15, 0.2) is 30.3 Å². The van der Waals surface area contributed by atoms with E-state index in [1.165, 1.54) is 5.56 Å². The van der Waals surface area contributed by atoms with Gasteiger partial charge in [-0.25, -0.2) is 0 Å². The molecule has 2 unspecified atom stereocenters. The van der Waals surface area contributed by atoms with Gasteiger partial charge in [0.25, 0.3) is 0 Å². The molecule has 1 aromatic carbocycles. The van der Waals surface area contributed by atoms with Crippen molar-refractivity contribution in [3.05, 3.63) is 35.9 Å². The fraction of sp³-hybridized carbons (Fsp3) is 0.417. The van der Waals surface area contributed by atoms with Gasteiger partial charge in [0, 0.05) is 5.92 Å². The van der Waals surface area contributed by atoms with Crippen LogP contribution in [-0.2, 0) is 4.79 Å². The second-order valence-electron chi connectivity index (χ2n) is 3.69. The fourth-order valence-corrected chi connectivity index (χ4v) is 1.97. The average molecular weight is 174 g/mol. The second-order valence-corrected chi connectivity index (χ2v) is 3.69. The quantitative estimate of drug-likeness (QED) is 0.688. The first-order valence-electron chi connectivity index (χ1n) is 4.93. The molecule has 0 spiro atoms. The van der Waals surface area contributed by atoms with Gasteiger partial charge in [-0.15, -0.1) is 0 Å². The zero-order valence-electron chi connectivity index (χ0n) is 7.86. The number of carbonyl (C=O) groups excluding carboxylic acids is 1. The molecule has 0 saturated heterocycles. The fourth-order valence-electron chi connectivity index (χ4n) is 1.97. The molecule has 1 heteroatoms. The summed E-state index contributed by atoms with van der Waals surface area (Å²) in [5.74, 6) is 0.988. The van der Waals surface area contributed by atoms with Crippen LogP contribution >= 0.6 is 0 Å². The smallest absolute Gasteiger partial charge is 0.145 e. The minimum absolute atomic E-state index is 0.223. The first-order valence-corrected chi connectivity index (χ1v) is 4.93. The Morgan fingerprint density at radius 2 is 1.92 bits per heavy atom. The Labute approximate surface area is 78.8 Å². The first kappa shape index (κ1) is 8.49. The molecule has 0 amide bonds. The van der Waals surface area contributed by atoms with E-state index in [9.17, 15) is 4.79 Å². The van der Waals surface area contributed by atoms with Gasteiger partial charge >= 0.3 is 0 Å². The highest BCUT2D eigenvalue weighted by Gasteiger charge is 2.48. The van der Waals surface area contributed by atoms with E-state index in [-0.39, 0.29) is 5.92 Å². The minimum Gasteiger partial charge on any atom is -0.299 e. The normalized spacial score (nSPS) is 26.1. The Hall–Kier alpha value is -1.11. The summed E-state index contributed by atoms with van der Waals surface area (Å²) in [4.78, 5) is 11.4. The average Bonchev–Trinajstić information content (AvgIpc) is 2.79. The van der Waals surface area contributed by atoms with Crippen LogP contribution in [0.25, 0.3) is 0 Å². The molecule has 0 aliphatic heterocycles. The number of Topliss-reactive ketones (excluding diaryl/α,β-unsaturated/α-hetero) is 1. The molecule has 1 aliphatic rings. The van der Waals surface area contributed by atoms with E-state index in [0.717, 1.165) is 12.8 Å². The maximum absolute atomic E-state index is 11.4. The lowest BCUT2D eigenvalue weighted by atomic mass is 10.1. The molecule has 0 radical (unpaired) electrons. The molecular weight excluding hydrogens is 160 g/mol. The second kappa shape index (κ2) is 3.33. The van der Waals surface area contributed by atoms with Crippen LogP contribution in [-0.4, -0.2) is 5.78 Å². The van der Waals surface area contributed by atoms with Crippen molar-refractivity contribution in [3.63, 3.8) is 0 Å². The summed E-state index contributed by atoms with van der Waals surface area (Å²) in [5.41, 5.74) is 1.20. The summed E-state index contributed by atoms with van der Waals surface area (Å²) < 4.78 is 0. The number of hydrogen-bond acceptors (Lipinski definition) is 1. The van der Waals surface area contributed by atoms with Crippen molar-refractivity contribution in [2.24, 2.45) is 5.92 Å². The van der Waals surface area contributed by atoms with E-state index in [1.54, 1.807) is 0 Å². The summed E-state index contributed by atoms with van der Waals surface area (Å²) in [5, 5.41) is 0. The van der Waals surface area contributed by atoms with Crippen molar-refractivity contribution < 1.29 is 4.79 Å². The Balaban J connectivity index is 2.09. The van der Waals surface area contributed by atoms with Crippen molar-refractivity contribution >= 4 is 5.78 Å². The number of hydrogen-bond donors (Lipinski definition) is 0. The molecule has 0 bridgehead atoms. The highest BCUT2D eigenvalue weighted by Crippen LogP contribution is 2.45. The Morgan fingerprint density at radius 1 is 1.23 bits per heavy atom. The number of ketones is 1. The van der Waals surface area contributed by atoms with Gasteiger partial charge in [-0.1, -0.05) is 43.7 Å². The summed E-state index contributed by atoms with van der Waals surface area (Å²) in [6, 6.07) is 10.1. The van der Waals surface area contributed by atoms with E-state index in [0.29, 0.717) is 11.7 Å². The highest BCUT2D eigenvalue weighted by molar-refractivity contribution is 6.04. The minimum atomic E-state index is 0.223. The molecule has 1 fully saturated rings. The molecule has 1 aromatic rings. The summed E-state index contributed by atoms with van der Waals surface area (Å²) >= 11 is 0. The largest absolute Gasteiger partial charge is 0.299 e. The molecule has 2 atom stereocenters. The van der Waals surface area contributed by atoms with Crippen LogP contribution in [0.3, 0.4) is 0 Å². The van der Waals surface area contributed by atoms with Crippen LogP contribution in [0.4, 0.5) is 0 Å². The predicted octanol–water partition coefficient (Wildman–Crippen LogP) is 2.77. The van der Waals surface area contributed by atoms with Crippen molar-refractivity contribution in [3.8, 4) is 0 Å². The molecule has 0 aromatic heterocycles. The topological polar surface area (TPSA) is 17.1 Å². The van der Waals surface area contributed by atoms with Gasteiger partial charge in [0.1, 0.15) is 5.78 Å². The van der Waals surface area contributed by atoms with Crippen LogP contribution < -0.4 is 0 Å². The van der Waals surface area contributed by atoms with Gasteiger partial charge < -0.3 is 0 Å². The number of carbonyl (C=O) groups is 1. The van der Waals surface area contributed by atoms with E-state index < -0.39 is 0 Å². The molecule has 13 heavy (non-hydrogen) atoms. The zero-order valence-corrected chi connectivity index (χ0v) is 7.86. The molecule has 68 valence electrons. The molecule has 1 saturated carbocycles. The summed E-state index contributed by atoms with van der Waals surface area (Å²) in [6.07, 6.45) is 2.16. The molecule has 1 nitrogen and oxygen atoms in total. The molecule has 1 aliphatic carbocycles. The Bertz CT molecular complexity index is 302. The van der Waals surface area contributed by atoms with E-state index in [1.807, 2.05) is 18.2 Å². The maximum atomic E-state index is 11.4. The Morgan fingerprint density at radius 3 is 2.54 bits per heavy atom. The van der Waals surface area contributed by atoms with Crippen molar-refractivity contribution in [1.29, 1.82) is 0 Å². The predicted molar refractivity (Wildman–Crippen MR) is 52.6 cm³/mol. The zero-order chi connectivity index (χ0) is 9.26. The van der Waals surface area contributed by atoms with Crippen LogP contribution in [0, 0.1) is 5.92 Å². The molecular formula is C12H14O. The lowest BCUT2D eigenvalue weighted by Gasteiger charge is -1.95. The van der Waals surface area contributed by atoms with Gasteiger partial charge in [-0.3, -0.25) is 4.79 Å². The third-order valence-corrected chi connectivity index (χ3v) is 2.72. The Kier molecular flexibility index (Phi) is 2.17. The van der Waals surface area contributed by atoms with Crippen molar-refractivity contribution in [2.75, 3.05) is 0 Å². The SMILES string of the molecule is CCCC1C(=O)C1c1ccccc1. The monoisotopic (exact) mass is 174 g/mol. The van der Waals surface area contributed by atoms with Gasteiger partial charge in [0.05, 0.1) is 5.92 Å². The van der Waals surface area contributed by atoms with Crippen molar-refractivity contribution in [1.82, 2.24) is 0 Å². The first-order chi connectivity index (χ1) is 6.34. The molecule has 0 heterocycles. The van der Waals surface area contributed by atoms with Crippen molar-refractivity contribution in [2.45, 2.75) is 25.7 Å².